The van der Waals surface area contributed by atoms with Crippen LogP contribution in [-0.4, -0.2) is 17.7 Å². The first-order valence-electron chi connectivity index (χ1n) is 5.66. The molecule has 0 unspecified atom stereocenters. The van der Waals surface area contributed by atoms with Crippen molar-refractivity contribution in [3.8, 4) is 0 Å². The van der Waals surface area contributed by atoms with E-state index in [1.165, 1.54) is 11.6 Å². The number of benzene rings is 1. The average molecular weight is 220 g/mol. The predicted molar refractivity (Wildman–Crippen MR) is 65.1 cm³/mol. The first-order valence-corrected chi connectivity index (χ1v) is 5.66. The van der Waals surface area contributed by atoms with Crippen LogP contribution in [0.4, 0.5) is 4.39 Å². The molecule has 0 aliphatic rings. The van der Waals surface area contributed by atoms with Crippen molar-refractivity contribution >= 4 is 10.9 Å². The summed E-state index contributed by atoms with van der Waals surface area (Å²) >= 11 is 0. The Morgan fingerprint density at radius 1 is 1.38 bits per heavy atom. The molecule has 2 rings (SSSR count). The van der Waals surface area contributed by atoms with Crippen LogP contribution in [0.3, 0.4) is 0 Å². The second-order valence-corrected chi connectivity index (χ2v) is 4.03. The van der Waals surface area contributed by atoms with Gasteiger partial charge in [0, 0.05) is 18.6 Å². The molecular weight excluding hydrogens is 203 g/mol. The highest BCUT2D eigenvalue weighted by molar-refractivity contribution is 5.84. The Morgan fingerprint density at radius 2 is 2.19 bits per heavy atom. The molecule has 0 radical (unpaired) electrons. The summed E-state index contributed by atoms with van der Waals surface area (Å²) in [6, 6.07) is 4.98. The van der Waals surface area contributed by atoms with Gasteiger partial charge in [-0.25, -0.2) is 4.39 Å². The maximum atomic E-state index is 13.1. The zero-order chi connectivity index (χ0) is 11.5. The SMILES string of the molecule is CCNCCc1cn(C)c2cc(F)ccc12. The van der Waals surface area contributed by atoms with E-state index >= 15 is 0 Å². The normalized spacial score (nSPS) is 11.2. The third-order valence-electron chi connectivity index (χ3n) is 2.86. The molecule has 2 nitrogen and oxygen atoms in total. The van der Waals surface area contributed by atoms with Crippen molar-refractivity contribution in [1.29, 1.82) is 0 Å². The molecule has 86 valence electrons. The maximum Gasteiger partial charge on any atom is 0.125 e. The lowest BCUT2D eigenvalue weighted by Crippen LogP contribution is -2.15. The van der Waals surface area contributed by atoms with Crippen LogP contribution >= 0.6 is 0 Å². The molecule has 1 heterocycles. The molecule has 0 fully saturated rings. The first-order chi connectivity index (χ1) is 7.72. The van der Waals surface area contributed by atoms with E-state index in [0.717, 1.165) is 30.4 Å². The van der Waals surface area contributed by atoms with Gasteiger partial charge in [-0.2, -0.15) is 0 Å². The van der Waals surface area contributed by atoms with Crippen LogP contribution in [0.5, 0.6) is 0 Å². The number of aryl methyl sites for hydroxylation is 1. The Morgan fingerprint density at radius 3 is 2.94 bits per heavy atom. The van der Waals surface area contributed by atoms with E-state index < -0.39 is 0 Å². The molecule has 2 aromatic rings. The Kier molecular flexibility index (Phi) is 3.25. The van der Waals surface area contributed by atoms with Gasteiger partial charge in [0.2, 0.25) is 0 Å². The first kappa shape index (κ1) is 11.1. The highest BCUT2D eigenvalue weighted by atomic mass is 19.1. The summed E-state index contributed by atoms with van der Waals surface area (Å²) in [5.41, 5.74) is 2.24. The Labute approximate surface area is 95.1 Å². The van der Waals surface area contributed by atoms with Crippen molar-refractivity contribution < 1.29 is 4.39 Å². The van der Waals surface area contributed by atoms with E-state index in [9.17, 15) is 4.39 Å². The molecule has 0 aliphatic heterocycles. The van der Waals surface area contributed by atoms with E-state index in [1.807, 2.05) is 17.7 Å². The zero-order valence-electron chi connectivity index (χ0n) is 9.76. The minimum Gasteiger partial charge on any atom is -0.350 e. The van der Waals surface area contributed by atoms with Gasteiger partial charge in [-0.05, 0) is 43.3 Å². The van der Waals surface area contributed by atoms with Gasteiger partial charge < -0.3 is 9.88 Å². The molecular formula is C13H17FN2. The summed E-state index contributed by atoms with van der Waals surface area (Å²) in [6.07, 6.45) is 3.07. The van der Waals surface area contributed by atoms with E-state index in [0.29, 0.717) is 0 Å². The Bertz CT molecular complexity index is 488. The number of fused-ring (bicyclic) bond motifs is 1. The molecule has 0 saturated carbocycles. The average Bonchev–Trinajstić information content (AvgIpc) is 2.56. The van der Waals surface area contributed by atoms with Gasteiger partial charge in [-0.1, -0.05) is 6.92 Å². The third-order valence-corrected chi connectivity index (χ3v) is 2.86. The molecule has 0 aliphatic carbocycles. The summed E-state index contributed by atoms with van der Waals surface area (Å²) in [4.78, 5) is 0. The number of hydrogen-bond donors (Lipinski definition) is 1. The molecule has 1 aromatic carbocycles. The van der Waals surface area contributed by atoms with E-state index in [2.05, 4.69) is 18.4 Å². The Balaban J connectivity index is 2.32. The fourth-order valence-corrected chi connectivity index (χ4v) is 2.04. The minimum absolute atomic E-state index is 0.174. The van der Waals surface area contributed by atoms with Crippen molar-refractivity contribution in [2.24, 2.45) is 7.05 Å². The van der Waals surface area contributed by atoms with Crippen molar-refractivity contribution in [2.45, 2.75) is 13.3 Å². The summed E-state index contributed by atoms with van der Waals surface area (Å²) in [7, 11) is 1.96. The van der Waals surface area contributed by atoms with Gasteiger partial charge in [0.1, 0.15) is 5.82 Å². The highest BCUT2D eigenvalue weighted by Gasteiger charge is 2.06. The predicted octanol–water partition coefficient (Wildman–Crippen LogP) is 2.47. The van der Waals surface area contributed by atoms with Gasteiger partial charge in [0.05, 0.1) is 5.52 Å². The van der Waals surface area contributed by atoms with Crippen LogP contribution in [0.25, 0.3) is 10.9 Å². The van der Waals surface area contributed by atoms with Gasteiger partial charge in [-0.15, -0.1) is 0 Å². The molecule has 0 spiro atoms. The molecule has 0 amide bonds. The molecule has 1 N–H and O–H groups in total. The van der Waals surface area contributed by atoms with Crippen LogP contribution in [0, 0.1) is 5.82 Å². The lowest BCUT2D eigenvalue weighted by Gasteiger charge is -2.00. The topological polar surface area (TPSA) is 17.0 Å². The lowest BCUT2D eigenvalue weighted by atomic mass is 10.1. The van der Waals surface area contributed by atoms with Crippen molar-refractivity contribution in [3.05, 3.63) is 35.8 Å². The quantitative estimate of drug-likeness (QED) is 0.783. The molecule has 0 bridgehead atoms. The molecule has 0 saturated heterocycles. The summed E-state index contributed by atoms with van der Waals surface area (Å²) in [6.45, 7) is 4.05. The van der Waals surface area contributed by atoms with E-state index in [4.69, 9.17) is 0 Å². The molecule has 16 heavy (non-hydrogen) atoms. The fraction of sp³-hybridized carbons (Fsp3) is 0.385. The van der Waals surface area contributed by atoms with Crippen molar-refractivity contribution in [3.63, 3.8) is 0 Å². The Hall–Kier alpha value is -1.35. The number of rotatable bonds is 4. The second kappa shape index (κ2) is 4.66. The van der Waals surface area contributed by atoms with Crippen LogP contribution in [0.15, 0.2) is 24.4 Å². The molecule has 1 aromatic heterocycles. The monoisotopic (exact) mass is 220 g/mol. The van der Waals surface area contributed by atoms with Crippen LogP contribution in [-0.2, 0) is 13.5 Å². The number of nitrogens with one attached hydrogen (secondary N) is 1. The van der Waals surface area contributed by atoms with Crippen LogP contribution < -0.4 is 5.32 Å². The lowest BCUT2D eigenvalue weighted by molar-refractivity contribution is 0.629. The maximum absolute atomic E-state index is 13.1. The van der Waals surface area contributed by atoms with Gasteiger partial charge in [0.15, 0.2) is 0 Å². The number of nitrogens with zero attached hydrogens (tertiary/aromatic N) is 1. The molecule has 3 heteroatoms. The van der Waals surface area contributed by atoms with Gasteiger partial charge in [0.25, 0.3) is 0 Å². The van der Waals surface area contributed by atoms with Gasteiger partial charge >= 0.3 is 0 Å². The smallest absolute Gasteiger partial charge is 0.125 e. The van der Waals surface area contributed by atoms with Crippen molar-refractivity contribution in [1.82, 2.24) is 9.88 Å². The standard InChI is InChI=1S/C13H17FN2/c1-3-15-7-6-10-9-16(2)13-8-11(14)4-5-12(10)13/h4-5,8-9,15H,3,6-7H2,1-2H3. The number of likely N-dealkylation sites (N-methyl/N-ethyl adjacent to an activating group) is 1. The van der Waals surface area contributed by atoms with Crippen molar-refractivity contribution in [2.75, 3.05) is 13.1 Å². The largest absolute Gasteiger partial charge is 0.350 e. The summed E-state index contributed by atoms with van der Waals surface area (Å²) in [5.74, 6) is -0.174. The zero-order valence-corrected chi connectivity index (χ0v) is 9.76. The fourth-order valence-electron chi connectivity index (χ4n) is 2.04. The minimum atomic E-state index is -0.174. The van der Waals surface area contributed by atoms with E-state index in [-0.39, 0.29) is 5.82 Å². The summed E-state index contributed by atoms with van der Waals surface area (Å²) in [5, 5.41) is 4.45. The van der Waals surface area contributed by atoms with Gasteiger partial charge in [-0.3, -0.25) is 0 Å². The van der Waals surface area contributed by atoms with Crippen LogP contribution in [0.1, 0.15) is 12.5 Å². The highest BCUT2D eigenvalue weighted by Crippen LogP contribution is 2.21. The number of aromatic nitrogens is 1. The third kappa shape index (κ3) is 2.09. The number of halogens is 1. The molecule has 0 atom stereocenters. The summed E-state index contributed by atoms with van der Waals surface area (Å²) < 4.78 is 15.1. The number of hydrogen-bond acceptors (Lipinski definition) is 1. The van der Waals surface area contributed by atoms with Crippen LogP contribution in [0.2, 0.25) is 0 Å². The second-order valence-electron chi connectivity index (χ2n) is 4.03. The van der Waals surface area contributed by atoms with E-state index in [1.54, 1.807) is 6.07 Å².